The average molecular weight is 224 g/mol. The van der Waals surface area contributed by atoms with Gasteiger partial charge < -0.3 is 4.74 Å². The standard InChI is InChI=1S/C12H15FO.C2H6/c1-8(2)11-5-3-9-7-10(13)4-6-12(9)14-11;1-2/h4,6-8,11H,3,5H2,1-2H3;1-2H3. The van der Waals surface area contributed by atoms with Crippen molar-refractivity contribution in [3.8, 4) is 5.75 Å². The van der Waals surface area contributed by atoms with Gasteiger partial charge in [-0.2, -0.15) is 0 Å². The minimum atomic E-state index is -0.171. The van der Waals surface area contributed by atoms with Crippen LogP contribution in [-0.2, 0) is 6.42 Å². The number of hydrogen-bond acceptors (Lipinski definition) is 1. The van der Waals surface area contributed by atoms with E-state index in [1.54, 1.807) is 12.1 Å². The molecule has 1 nitrogen and oxygen atoms in total. The van der Waals surface area contributed by atoms with E-state index in [4.69, 9.17) is 4.74 Å². The zero-order valence-electron chi connectivity index (χ0n) is 10.6. The first-order chi connectivity index (χ1) is 7.66. The number of hydrogen-bond donors (Lipinski definition) is 0. The molecule has 1 aromatic carbocycles. The molecule has 0 radical (unpaired) electrons. The maximum absolute atomic E-state index is 12.9. The number of halogens is 1. The van der Waals surface area contributed by atoms with Gasteiger partial charge in [-0.15, -0.1) is 0 Å². The lowest BCUT2D eigenvalue weighted by atomic mass is 9.96. The lowest BCUT2D eigenvalue weighted by Gasteiger charge is -2.28. The predicted molar refractivity (Wildman–Crippen MR) is 65.3 cm³/mol. The maximum Gasteiger partial charge on any atom is 0.123 e. The monoisotopic (exact) mass is 224 g/mol. The Balaban J connectivity index is 0.000000606. The van der Waals surface area contributed by atoms with Gasteiger partial charge in [-0.1, -0.05) is 27.7 Å². The second kappa shape index (κ2) is 5.88. The summed E-state index contributed by atoms with van der Waals surface area (Å²) in [6.45, 7) is 8.30. The van der Waals surface area contributed by atoms with Crippen molar-refractivity contribution >= 4 is 0 Å². The summed E-state index contributed by atoms with van der Waals surface area (Å²) in [5.41, 5.74) is 1.00. The van der Waals surface area contributed by atoms with Crippen molar-refractivity contribution in [2.24, 2.45) is 5.92 Å². The van der Waals surface area contributed by atoms with Crippen molar-refractivity contribution < 1.29 is 9.13 Å². The topological polar surface area (TPSA) is 9.23 Å². The van der Waals surface area contributed by atoms with Crippen LogP contribution in [0.5, 0.6) is 5.75 Å². The highest BCUT2D eigenvalue weighted by Crippen LogP contribution is 2.30. The molecule has 0 spiro atoms. The first-order valence-corrected chi connectivity index (χ1v) is 6.12. The van der Waals surface area contributed by atoms with Crippen LogP contribution in [0.25, 0.3) is 0 Å². The SMILES string of the molecule is CC.CC(C)C1CCc2cc(F)ccc2O1. The fourth-order valence-corrected chi connectivity index (χ4v) is 1.85. The molecule has 16 heavy (non-hydrogen) atoms. The molecule has 90 valence electrons. The molecule has 1 unspecified atom stereocenters. The Morgan fingerprint density at radius 1 is 1.31 bits per heavy atom. The summed E-state index contributed by atoms with van der Waals surface area (Å²) >= 11 is 0. The second-order valence-electron chi connectivity index (χ2n) is 4.19. The van der Waals surface area contributed by atoms with Gasteiger partial charge >= 0.3 is 0 Å². The van der Waals surface area contributed by atoms with Gasteiger partial charge in [0.25, 0.3) is 0 Å². The number of aryl methyl sites for hydroxylation is 1. The smallest absolute Gasteiger partial charge is 0.123 e. The average Bonchev–Trinajstić information content (AvgIpc) is 2.30. The van der Waals surface area contributed by atoms with Crippen LogP contribution in [0.3, 0.4) is 0 Å². The zero-order valence-corrected chi connectivity index (χ0v) is 10.6. The highest BCUT2D eigenvalue weighted by molar-refractivity contribution is 5.35. The fraction of sp³-hybridized carbons (Fsp3) is 0.571. The lowest BCUT2D eigenvalue weighted by molar-refractivity contribution is 0.127. The second-order valence-corrected chi connectivity index (χ2v) is 4.19. The minimum Gasteiger partial charge on any atom is -0.490 e. The van der Waals surface area contributed by atoms with Gasteiger partial charge in [0, 0.05) is 0 Å². The maximum atomic E-state index is 12.9. The quantitative estimate of drug-likeness (QED) is 0.694. The van der Waals surface area contributed by atoms with Crippen LogP contribution in [0.15, 0.2) is 18.2 Å². The molecule has 0 N–H and O–H groups in total. The summed E-state index contributed by atoms with van der Waals surface area (Å²) in [6.07, 6.45) is 2.21. The third-order valence-electron chi connectivity index (χ3n) is 2.74. The molecular formula is C14H21FO. The largest absolute Gasteiger partial charge is 0.490 e. The first-order valence-electron chi connectivity index (χ1n) is 6.12. The molecule has 0 aliphatic carbocycles. The van der Waals surface area contributed by atoms with Crippen LogP contribution in [0.2, 0.25) is 0 Å². The first kappa shape index (κ1) is 13.0. The Hall–Kier alpha value is -1.05. The van der Waals surface area contributed by atoms with Crippen molar-refractivity contribution in [3.63, 3.8) is 0 Å². The van der Waals surface area contributed by atoms with Crippen LogP contribution in [0.1, 0.15) is 39.7 Å². The Kier molecular flexibility index (Phi) is 4.78. The van der Waals surface area contributed by atoms with E-state index in [0.717, 1.165) is 24.2 Å². The van der Waals surface area contributed by atoms with Crippen molar-refractivity contribution in [1.82, 2.24) is 0 Å². The molecule has 2 rings (SSSR count). The normalized spacial score (nSPS) is 18.2. The summed E-state index contributed by atoms with van der Waals surface area (Å²) in [6, 6.07) is 4.77. The van der Waals surface area contributed by atoms with Gasteiger partial charge in [0.15, 0.2) is 0 Å². The molecule has 0 aromatic heterocycles. The molecule has 0 saturated carbocycles. The van der Waals surface area contributed by atoms with Gasteiger partial charge in [-0.3, -0.25) is 0 Å². The summed E-state index contributed by atoms with van der Waals surface area (Å²) in [5.74, 6) is 1.21. The highest BCUT2D eigenvalue weighted by atomic mass is 19.1. The molecule has 0 amide bonds. The molecule has 1 aliphatic heterocycles. The van der Waals surface area contributed by atoms with Crippen LogP contribution in [-0.4, -0.2) is 6.10 Å². The number of benzene rings is 1. The number of ether oxygens (including phenoxy) is 1. The minimum absolute atomic E-state index is 0.171. The van der Waals surface area contributed by atoms with E-state index in [1.165, 1.54) is 6.07 Å². The fourth-order valence-electron chi connectivity index (χ4n) is 1.85. The molecule has 1 aliphatic rings. The van der Waals surface area contributed by atoms with Gasteiger partial charge in [-0.05, 0) is 42.5 Å². The number of rotatable bonds is 1. The van der Waals surface area contributed by atoms with Gasteiger partial charge in [-0.25, -0.2) is 4.39 Å². The molecule has 1 atom stereocenters. The van der Waals surface area contributed by atoms with E-state index in [9.17, 15) is 4.39 Å². The van der Waals surface area contributed by atoms with E-state index in [1.807, 2.05) is 13.8 Å². The van der Waals surface area contributed by atoms with E-state index in [0.29, 0.717) is 5.92 Å². The zero-order chi connectivity index (χ0) is 12.1. The predicted octanol–water partition coefficient (Wildman–Crippen LogP) is 4.20. The summed E-state index contributed by atoms with van der Waals surface area (Å²) in [5, 5.41) is 0. The molecule has 1 heterocycles. The Bertz CT molecular complexity index is 334. The van der Waals surface area contributed by atoms with Gasteiger partial charge in [0.05, 0.1) is 0 Å². The van der Waals surface area contributed by atoms with Gasteiger partial charge in [0.1, 0.15) is 17.7 Å². The number of fused-ring (bicyclic) bond motifs is 1. The van der Waals surface area contributed by atoms with E-state index < -0.39 is 0 Å². The van der Waals surface area contributed by atoms with Crippen LogP contribution < -0.4 is 4.74 Å². The van der Waals surface area contributed by atoms with Crippen molar-refractivity contribution in [1.29, 1.82) is 0 Å². The van der Waals surface area contributed by atoms with Crippen LogP contribution >= 0.6 is 0 Å². The summed E-state index contributed by atoms with van der Waals surface area (Å²) in [7, 11) is 0. The molecule has 0 fully saturated rings. The van der Waals surface area contributed by atoms with E-state index >= 15 is 0 Å². The summed E-state index contributed by atoms with van der Waals surface area (Å²) < 4.78 is 18.7. The molecule has 0 saturated heterocycles. The molecule has 0 bridgehead atoms. The van der Waals surface area contributed by atoms with Crippen molar-refractivity contribution in [2.45, 2.75) is 46.6 Å². The van der Waals surface area contributed by atoms with Gasteiger partial charge in [0.2, 0.25) is 0 Å². The molecular weight excluding hydrogens is 203 g/mol. The molecule has 1 aromatic rings. The molecule has 2 heteroatoms. The Labute approximate surface area is 97.6 Å². The highest BCUT2D eigenvalue weighted by Gasteiger charge is 2.22. The third-order valence-corrected chi connectivity index (χ3v) is 2.74. The Morgan fingerprint density at radius 2 is 2.00 bits per heavy atom. The third kappa shape index (κ3) is 2.97. The lowest BCUT2D eigenvalue weighted by Crippen LogP contribution is -2.27. The van der Waals surface area contributed by atoms with E-state index in [-0.39, 0.29) is 11.9 Å². The van der Waals surface area contributed by atoms with Crippen LogP contribution in [0, 0.1) is 11.7 Å². The Morgan fingerprint density at radius 3 is 2.62 bits per heavy atom. The summed E-state index contributed by atoms with van der Waals surface area (Å²) in [4.78, 5) is 0. The van der Waals surface area contributed by atoms with Crippen molar-refractivity contribution in [3.05, 3.63) is 29.6 Å². The van der Waals surface area contributed by atoms with E-state index in [2.05, 4.69) is 13.8 Å². The van der Waals surface area contributed by atoms with Crippen molar-refractivity contribution in [2.75, 3.05) is 0 Å². The van der Waals surface area contributed by atoms with Crippen LogP contribution in [0.4, 0.5) is 4.39 Å².